The van der Waals surface area contributed by atoms with Crippen molar-refractivity contribution >= 4 is 17.9 Å². The Labute approximate surface area is 302 Å². The Morgan fingerprint density at radius 1 is 0.885 bits per heavy atom. The lowest BCUT2D eigenvalue weighted by Gasteiger charge is -2.30. The molecule has 3 heterocycles. The number of likely N-dealkylation sites (tertiary alicyclic amines) is 1. The number of aromatic amines is 2. The molecule has 274 valence electrons. The molecular weight excluding hydrogens is 662 g/mol. The monoisotopic (exact) mass is 709 g/mol. The van der Waals surface area contributed by atoms with Gasteiger partial charge >= 0.3 is 6.09 Å². The van der Waals surface area contributed by atoms with Crippen LogP contribution in [0, 0.1) is 17.8 Å². The number of hydrogen-bond acceptors (Lipinski definition) is 8. The number of amides is 3. The average molecular weight is 710 g/mol. The third kappa shape index (κ3) is 6.94. The highest BCUT2D eigenvalue weighted by Crippen LogP contribution is 2.56. The number of methoxy groups -OCH3 is 2. The number of nitrogens with one attached hydrogen (secondary N) is 4. The predicted molar refractivity (Wildman–Crippen MR) is 194 cm³/mol. The largest absolute Gasteiger partial charge is 0.453 e. The first-order chi connectivity index (χ1) is 25.3. The maximum absolute atomic E-state index is 13.6. The van der Waals surface area contributed by atoms with Crippen molar-refractivity contribution in [3.8, 4) is 33.6 Å². The number of rotatable bonds is 12. The van der Waals surface area contributed by atoms with Gasteiger partial charge in [-0.05, 0) is 73.1 Å². The normalized spacial score (nSPS) is 23.4. The lowest BCUT2D eigenvalue weighted by atomic mass is 9.78. The molecule has 5 N–H and O–H groups in total. The number of carbonyl (C=O) groups excluding carboxylic acids is 3. The van der Waals surface area contributed by atoms with Crippen molar-refractivity contribution in [1.82, 2.24) is 35.5 Å². The summed E-state index contributed by atoms with van der Waals surface area (Å²) < 4.78 is 10.1. The van der Waals surface area contributed by atoms with Crippen molar-refractivity contribution in [1.29, 1.82) is 0 Å². The number of H-pyrrole nitrogens is 2. The van der Waals surface area contributed by atoms with E-state index in [1.165, 1.54) is 14.2 Å². The van der Waals surface area contributed by atoms with Gasteiger partial charge in [0.15, 0.2) is 0 Å². The maximum atomic E-state index is 13.6. The molecule has 2 aromatic carbocycles. The molecule has 2 bridgehead atoms. The number of nitrogens with zero attached hydrogens (tertiary/aromatic N) is 3. The van der Waals surface area contributed by atoms with Crippen LogP contribution in [0.4, 0.5) is 4.79 Å². The van der Waals surface area contributed by atoms with E-state index in [1.54, 1.807) is 18.0 Å². The summed E-state index contributed by atoms with van der Waals surface area (Å²) in [5.74, 6) is 2.15. The fraction of sp³-hybridized carbons (Fsp3) is 0.462. The second kappa shape index (κ2) is 15.3. The topological polar surface area (TPSA) is 175 Å². The standard InChI is InChI=1S/C39H47N7O6/c1-22(51-2)34(45-39(50)52-3)38(49)46-17-4-5-31(46)35-41-20-29(43-35)25-10-6-23(7-11-25)24-8-12-26(13-9-24)30-21-42-36(44-30)32-27-14-15-28(19-27)33(32)37(48)40-16-18-47/h6-13,20-22,27-28,31-34,47H,4-5,14-19H2,1-3H3,(H,40,48)(H,41,43)(H,42,44)(H,45,50)/t22-,27?,28?,31+,32-,33?,34+/m1/s1. The molecule has 2 aliphatic carbocycles. The zero-order valence-electron chi connectivity index (χ0n) is 29.8. The molecule has 7 rings (SSSR count). The van der Waals surface area contributed by atoms with Crippen LogP contribution in [0.25, 0.3) is 33.6 Å². The van der Waals surface area contributed by atoms with Gasteiger partial charge in [-0.1, -0.05) is 48.5 Å². The Hall–Kier alpha value is -5.01. The van der Waals surface area contributed by atoms with Crippen LogP contribution in [-0.4, -0.2) is 93.9 Å². The van der Waals surface area contributed by atoms with E-state index in [4.69, 9.17) is 14.5 Å². The molecule has 3 aliphatic rings. The zero-order valence-corrected chi connectivity index (χ0v) is 29.8. The number of fused-ring (bicyclic) bond motifs is 2. The number of carbonyl (C=O) groups is 3. The number of aromatic nitrogens is 4. The van der Waals surface area contributed by atoms with Crippen molar-refractivity contribution < 1.29 is 29.0 Å². The van der Waals surface area contributed by atoms with Gasteiger partial charge in [0.05, 0.1) is 55.6 Å². The molecule has 0 radical (unpaired) electrons. The first kappa shape index (κ1) is 35.4. The molecule has 2 saturated carbocycles. The smallest absolute Gasteiger partial charge is 0.407 e. The van der Waals surface area contributed by atoms with E-state index in [-0.39, 0.29) is 42.8 Å². The van der Waals surface area contributed by atoms with Crippen molar-refractivity contribution in [2.24, 2.45) is 17.8 Å². The van der Waals surface area contributed by atoms with Crippen LogP contribution in [0.2, 0.25) is 0 Å². The highest BCUT2D eigenvalue weighted by molar-refractivity contribution is 5.87. The Morgan fingerprint density at radius 2 is 1.48 bits per heavy atom. The molecule has 3 amide bonds. The van der Waals surface area contributed by atoms with Gasteiger partial charge in [0, 0.05) is 26.1 Å². The summed E-state index contributed by atoms with van der Waals surface area (Å²) in [7, 11) is 2.76. The lowest BCUT2D eigenvalue weighted by Crippen LogP contribution is -2.54. The molecular formula is C39H47N7O6. The number of alkyl carbamates (subject to hydrolysis) is 1. The molecule has 2 aromatic heterocycles. The summed E-state index contributed by atoms with van der Waals surface area (Å²) in [5, 5.41) is 14.7. The van der Waals surface area contributed by atoms with Crippen molar-refractivity contribution in [2.45, 2.75) is 63.1 Å². The van der Waals surface area contributed by atoms with Crippen LogP contribution in [0.15, 0.2) is 60.9 Å². The molecule has 7 atom stereocenters. The Kier molecular flexibility index (Phi) is 10.4. The SMILES string of the molecule is COC(=O)N[C@H](C(=O)N1CCC[C@H]1c1ncc(-c2ccc(-c3ccc(-c4cnc([C@@H]5C6CCC(C6)C5C(=O)NCCO)[nH]4)cc3)cc2)[nH]1)[C@@H](C)OC. The number of ether oxygens (including phenoxy) is 2. The fourth-order valence-electron chi connectivity index (χ4n) is 8.54. The summed E-state index contributed by atoms with van der Waals surface area (Å²) in [6, 6.07) is 15.5. The maximum Gasteiger partial charge on any atom is 0.407 e. The van der Waals surface area contributed by atoms with E-state index in [1.807, 2.05) is 6.20 Å². The molecule has 3 fully saturated rings. The van der Waals surface area contributed by atoms with Gasteiger partial charge in [-0.25, -0.2) is 14.8 Å². The minimum atomic E-state index is -0.885. The summed E-state index contributed by atoms with van der Waals surface area (Å²) in [5.41, 5.74) is 5.93. The average Bonchev–Trinajstić information content (AvgIpc) is 4.03. The summed E-state index contributed by atoms with van der Waals surface area (Å²) in [6.45, 7) is 2.51. The van der Waals surface area contributed by atoms with Crippen LogP contribution in [-0.2, 0) is 19.1 Å². The highest BCUT2D eigenvalue weighted by atomic mass is 16.5. The first-order valence-corrected chi connectivity index (χ1v) is 18.2. The van der Waals surface area contributed by atoms with Crippen LogP contribution < -0.4 is 10.6 Å². The fourth-order valence-corrected chi connectivity index (χ4v) is 8.54. The lowest BCUT2D eigenvalue weighted by molar-refractivity contribution is -0.137. The van der Waals surface area contributed by atoms with Gasteiger partial charge in [0.2, 0.25) is 11.8 Å². The van der Waals surface area contributed by atoms with Gasteiger partial charge < -0.3 is 40.1 Å². The number of benzene rings is 2. The Balaban J connectivity index is 1.01. The van der Waals surface area contributed by atoms with E-state index in [2.05, 4.69) is 74.1 Å². The molecule has 3 unspecified atom stereocenters. The van der Waals surface area contributed by atoms with Gasteiger partial charge in [-0.15, -0.1) is 0 Å². The highest BCUT2D eigenvalue weighted by Gasteiger charge is 2.52. The summed E-state index contributed by atoms with van der Waals surface area (Å²) in [6.07, 6.45) is 7.26. The molecule has 52 heavy (non-hydrogen) atoms. The number of imidazole rings is 2. The second-order valence-electron chi connectivity index (χ2n) is 14.2. The van der Waals surface area contributed by atoms with Crippen LogP contribution in [0.1, 0.15) is 62.6 Å². The van der Waals surface area contributed by atoms with Crippen molar-refractivity contribution in [3.05, 3.63) is 72.6 Å². The molecule has 0 spiro atoms. The third-order valence-corrected chi connectivity index (χ3v) is 11.3. The minimum absolute atomic E-state index is 0.0254. The van der Waals surface area contributed by atoms with Crippen molar-refractivity contribution in [2.75, 3.05) is 33.9 Å². The Morgan fingerprint density at radius 3 is 2.10 bits per heavy atom. The summed E-state index contributed by atoms with van der Waals surface area (Å²) >= 11 is 0. The van der Waals surface area contributed by atoms with Gasteiger partial charge in [-0.3, -0.25) is 9.59 Å². The predicted octanol–water partition coefficient (Wildman–Crippen LogP) is 4.80. The molecule has 1 saturated heterocycles. The van der Waals surface area contributed by atoms with Gasteiger partial charge in [0.25, 0.3) is 0 Å². The van der Waals surface area contributed by atoms with Crippen LogP contribution in [0.5, 0.6) is 0 Å². The van der Waals surface area contributed by atoms with E-state index < -0.39 is 18.2 Å². The third-order valence-electron chi connectivity index (χ3n) is 11.3. The van der Waals surface area contributed by atoms with E-state index >= 15 is 0 Å². The number of aliphatic hydroxyl groups excluding tert-OH is 1. The summed E-state index contributed by atoms with van der Waals surface area (Å²) in [4.78, 5) is 56.7. The Bertz CT molecular complexity index is 1870. The number of aliphatic hydroxyl groups is 1. The van der Waals surface area contributed by atoms with E-state index in [0.717, 1.165) is 71.6 Å². The van der Waals surface area contributed by atoms with Gasteiger partial charge in [0.1, 0.15) is 17.7 Å². The van der Waals surface area contributed by atoms with Crippen LogP contribution >= 0.6 is 0 Å². The number of hydrogen-bond donors (Lipinski definition) is 5. The van der Waals surface area contributed by atoms with Crippen molar-refractivity contribution in [3.63, 3.8) is 0 Å². The van der Waals surface area contributed by atoms with E-state index in [0.29, 0.717) is 24.2 Å². The second-order valence-corrected chi connectivity index (χ2v) is 14.2. The van der Waals surface area contributed by atoms with Crippen LogP contribution in [0.3, 0.4) is 0 Å². The van der Waals surface area contributed by atoms with Gasteiger partial charge in [-0.2, -0.15) is 0 Å². The minimum Gasteiger partial charge on any atom is -0.453 e. The van der Waals surface area contributed by atoms with E-state index in [9.17, 15) is 19.5 Å². The molecule has 13 nitrogen and oxygen atoms in total. The molecule has 13 heteroatoms. The molecule has 4 aromatic rings. The first-order valence-electron chi connectivity index (χ1n) is 18.2. The quantitative estimate of drug-likeness (QED) is 0.140. The zero-order chi connectivity index (χ0) is 36.4. The molecule has 1 aliphatic heterocycles.